The lowest BCUT2D eigenvalue weighted by molar-refractivity contribution is -0.155. The molecule has 0 N–H and O–H groups in total. The molecule has 3 heteroatoms. The highest BCUT2D eigenvalue weighted by atomic mass is 16.5. The number of esters is 1. The van der Waals surface area contributed by atoms with Crippen LogP contribution < -0.4 is 0 Å². The summed E-state index contributed by atoms with van der Waals surface area (Å²) in [7, 11) is 0. The van der Waals surface area contributed by atoms with Crippen molar-refractivity contribution >= 4 is 11.8 Å². The first-order chi connectivity index (χ1) is 6.11. The van der Waals surface area contributed by atoms with Gasteiger partial charge in [-0.25, -0.2) is 0 Å². The highest BCUT2D eigenvalue weighted by Crippen LogP contribution is 2.21. The Hall–Kier alpha value is -0.860. The van der Waals surface area contributed by atoms with Crippen LogP contribution in [0.1, 0.15) is 39.5 Å². The van der Waals surface area contributed by atoms with Gasteiger partial charge in [0.15, 0.2) is 0 Å². The number of Topliss-reactive ketones (excluding diaryl/α,β-unsaturated/α-hetero) is 1. The molecule has 0 aromatic rings. The summed E-state index contributed by atoms with van der Waals surface area (Å²) in [5, 5.41) is 0. The number of carbonyl (C=O) groups is 2. The molecule has 0 spiro atoms. The first kappa shape index (κ1) is 10.2. The number of rotatable bonds is 3. The summed E-state index contributed by atoms with van der Waals surface area (Å²) < 4.78 is 5.17. The molecule has 3 nitrogen and oxygen atoms in total. The van der Waals surface area contributed by atoms with E-state index in [1.54, 1.807) is 6.92 Å². The summed E-state index contributed by atoms with van der Waals surface area (Å²) in [6, 6.07) is 0. The summed E-state index contributed by atoms with van der Waals surface area (Å²) in [5.74, 6) is -1.08. The molecule has 0 aromatic carbocycles. The lowest BCUT2D eigenvalue weighted by atomic mass is 10.1. The lowest BCUT2D eigenvalue weighted by Crippen LogP contribution is -2.25. The second-order valence-corrected chi connectivity index (χ2v) is 3.68. The number of hydrogen-bond acceptors (Lipinski definition) is 3. The molecular weight excluding hydrogens is 168 g/mol. The summed E-state index contributed by atoms with van der Waals surface area (Å²) in [4.78, 5) is 22.2. The Labute approximate surface area is 78.5 Å². The monoisotopic (exact) mass is 184 g/mol. The fourth-order valence-corrected chi connectivity index (χ4v) is 1.44. The fourth-order valence-electron chi connectivity index (χ4n) is 1.44. The highest BCUT2D eigenvalue weighted by Gasteiger charge is 2.24. The Morgan fingerprint density at radius 2 is 1.85 bits per heavy atom. The molecule has 1 saturated carbocycles. The van der Waals surface area contributed by atoms with Crippen LogP contribution in [-0.2, 0) is 14.3 Å². The lowest BCUT2D eigenvalue weighted by Gasteiger charge is -2.13. The van der Waals surface area contributed by atoms with Crippen LogP contribution in [0.3, 0.4) is 0 Å². The Kier molecular flexibility index (Phi) is 3.46. The summed E-state index contributed by atoms with van der Waals surface area (Å²) in [6.07, 6.45) is 4.24. The maximum Gasteiger partial charge on any atom is 0.316 e. The van der Waals surface area contributed by atoms with Crippen LogP contribution in [-0.4, -0.2) is 17.9 Å². The molecule has 0 aliphatic heterocycles. The van der Waals surface area contributed by atoms with E-state index in [2.05, 4.69) is 0 Å². The van der Waals surface area contributed by atoms with E-state index in [4.69, 9.17) is 4.74 Å². The average molecular weight is 184 g/mol. The summed E-state index contributed by atoms with van der Waals surface area (Å²) in [5.41, 5.74) is 0. The van der Waals surface area contributed by atoms with Crippen molar-refractivity contribution in [2.75, 3.05) is 0 Å². The minimum atomic E-state index is -0.597. The van der Waals surface area contributed by atoms with Crippen molar-refractivity contribution in [3.63, 3.8) is 0 Å². The molecule has 0 heterocycles. The Balaban J connectivity index is 2.35. The van der Waals surface area contributed by atoms with Gasteiger partial charge in [0.25, 0.3) is 0 Å². The van der Waals surface area contributed by atoms with Gasteiger partial charge in [0.2, 0.25) is 0 Å². The van der Waals surface area contributed by atoms with Crippen molar-refractivity contribution in [2.24, 2.45) is 5.92 Å². The first-order valence-corrected chi connectivity index (χ1v) is 4.82. The molecule has 0 radical (unpaired) electrons. The number of ether oxygens (including phenoxy) is 1. The number of ketones is 1. The van der Waals surface area contributed by atoms with Crippen molar-refractivity contribution in [2.45, 2.75) is 45.6 Å². The van der Waals surface area contributed by atoms with Crippen LogP contribution in [0.2, 0.25) is 0 Å². The van der Waals surface area contributed by atoms with Crippen molar-refractivity contribution in [3.05, 3.63) is 0 Å². The normalized spacial score (nSPS) is 19.8. The third-order valence-corrected chi connectivity index (χ3v) is 2.55. The van der Waals surface area contributed by atoms with Crippen molar-refractivity contribution in [1.82, 2.24) is 0 Å². The molecule has 0 aromatic heterocycles. The Morgan fingerprint density at radius 1 is 1.31 bits per heavy atom. The minimum absolute atomic E-state index is 0.0642. The number of carbonyl (C=O) groups excluding carboxylic acids is 2. The molecule has 13 heavy (non-hydrogen) atoms. The topological polar surface area (TPSA) is 43.4 Å². The summed E-state index contributed by atoms with van der Waals surface area (Å²) >= 11 is 0. The molecule has 0 bridgehead atoms. The van der Waals surface area contributed by atoms with E-state index in [0.717, 1.165) is 25.7 Å². The second kappa shape index (κ2) is 4.40. The van der Waals surface area contributed by atoms with E-state index in [9.17, 15) is 9.59 Å². The Morgan fingerprint density at radius 3 is 2.31 bits per heavy atom. The zero-order chi connectivity index (χ0) is 9.84. The van der Waals surface area contributed by atoms with Crippen LogP contribution in [0.5, 0.6) is 0 Å². The van der Waals surface area contributed by atoms with E-state index in [-0.39, 0.29) is 17.9 Å². The van der Waals surface area contributed by atoms with Crippen molar-refractivity contribution in [3.8, 4) is 0 Å². The molecule has 0 saturated heterocycles. The van der Waals surface area contributed by atoms with Crippen LogP contribution in [0.25, 0.3) is 0 Å². The molecule has 1 unspecified atom stereocenters. The first-order valence-electron chi connectivity index (χ1n) is 4.82. The van der Waals surface area contributed by atoms with Gasteiger partial charge >= 0.3 is 5.97 Å². The molecule has 1 rings (SSSR count). The van der Waals surface area contributed by atoms with Crippen LogP contribution in [0.15, 0.2) is 0 Å². The largest absolute Gasteiger partial charge is 0.462 e. The predicted octanol–water partition coefficient (Wildman–Crippen LogP) is 1.70. The van der Waals surface area contributed by atoms with Gasteiger partial charge < -0.3 is 4.74 Å². The maximum atomic E-state index is 11.3. The zero-order valence-corrected chi connectivity index (χ0v) is 8.21. The minimum Gasteiger partial charge on any atom is -0.462 e. The van der Waals surface area contributed by atoms with Gasteiger partial charge in [0.1, 0.15) is 17.8 Å². The SMILES string of the molecule is CC(=O)C(C)C(=O)OC1CCCC1. The van der Waals surface area contributed by atoms with Gasteiger partial charge in [-0.1, -0.05) is 0 Å². The Bertz CT molecular complexity index is 204. The molecule has 1 aliphatic rings. The van der Waals surface area contributed by atoms with Gasteiger partial charge in [-0.2, -0.15) is 0 Å². The van der Waals surface area contributed by atoms with Gasteiger partial charge in [-0.15, -0.1) is 0 Å². The maximum absolute atomic E-state index is 11.3. The number of hydrogen-bond donors (Lipinski definition) is 0. The van der Waals surface area contributed by atoms with Gasteiger partial charge in [-0.05, 0) is 39.5 Å². The van der Waals surface area contributed by atoms with Crippen LogP contribution in [0, 0.1) is 5.92 Å². The molecule has 74 valence electrons. The van der Waals surface area contributed by atoms with Crippen LogP contribution in [0.4, 0.5) is 0 Å². The van der Waals surface area contributed by atoms with E-state index in [1.807, 2.05) is 0 Å². The van der Waals surface area contributed by atoms with E-state index < -0.39 is 5.92 Å². The van der Waals surface area contributed by atoms with E-state index >= 15 is 0 Å². The molecule has 1 atom stereocenters. The van der Waals surface area contributed by atoms with Gasteiger partial charge in [0.05, 0.1) is 0 Å². The van der Waals surface area contributed by atoms with Crippen molar-refractivity contribution in [1.29, 1.82) is 0 Å². The average Bonchev–Trinajstić information content (AvgIpc) is 2.55. The second-order valence-electron chi connectivity index (χ2n) is 3.68. The predicted molar refractivity (Wildman–Crippen MR) is 48.2 cm³/mol. The molecular formula is C10H16O3. The molecule has 0 amide bonds. The fraction of sp³-hybridized carbons (Fsp3) is 0.800. The van der Waals surface area contributed by atoms with Gasteiger partial charge in [0, 0.05) is 0 Å². The zero-order valence-electron chi connectivity index (χ0n) is 8.21. The van der Waals surface area contributed by atoms with Crippen LogP contribution >= 0.6 is 0 Å². The third-order valence-electron chi connectivity index (χ3n) is 2.55. The quantitative estimate of drug-likeness (QED) is 0.495. The smallest absolute Gasteiger partial charge is 0.316 e. The van der Waals surface area contributed by atoms with Gasteiger partial charge in [-0.3, -0.25) is 9.59 Å². The standard InChI is InChI=1S/C10H16O3/c1-7(8(2)11)10(12)13-9-5-3-4-6-9/h7,9H,3-6H2,1-2H3. The molecule has 1 fully saturated rings. The van der Waals surface area contributed by atoms with E-state index in [0.29, 0.717) is 0 Å². The third kappa shape index (κ3) is 2.83. The van der Waals surface area contributed by atoms with E-state index in [1.165, 1.54) is 6.92 Å². The summed E-state index contributed by atoms with van der Waals surface area (Å²) in [6.45, 7) is 3.01. The highest BCUT2D eigenvalue weighted by molar-refractivity contribution is 5.97. The van der Waals surface area contributed by atoms with Crippen molar-refractivity contribution < 1.29 is 14.3 Å². The molecule has 1 aliphatic carbocycles.